The van der Waals surface area contributed by atoms with Gasteiger partial charge in [0.2, 0.25) is 10.0 Å². The molecule has 0 radical (unpaired) electrons. The molecule has 0 saturated heterocycles. The van der Waals surface area contributed by atoms with Crippen LogP contribution in [0.15, 0.2) is 53.7 Å². The first-order chi connectivity index (χ1) is 12.0. The summed E-state index contributed by atoms with van der Waals surface area (Å²) in [5, 5.41) is 2.76. The van der Waals surface area contributed by atoms with Crippen molar-refractivity contribution in [3.05, 3.63) is 59.9 Å². The molecule has 134 valence electrons. The number of ether oxygens (including phenoxy) is 1. The van der Waals surface area contributed by atoms with Crippen LogP contribution in [0, 0.1) is 0 Å². The summed E-state index contributed by atoms with van der Waals surface area (Å²) in [5.41, 5.74) is 1.20. The second-order valence-corrected chi connectivity index (χ2v) is 7.08. The van der Waals surface area contributed by atoms with E-state index in [0.717, 1.165) is 5.56 Å². The minimum absolute atomic E-state index is 0.0569. The van der Waals surface area contributed by atoms with Gasteiger partial charge in [0.1, 0.15) is 0 Å². The fraction of sp³-hybridized carbons (Fsp3) is 0.294. The van der Waals surface area contributed by atoms with Crippen LogP contribution in [0.2, 0.25) is 0 Å². The lowest BCUT2D eigenvalue weighted by Crippen LogP contribution is -2.26. The van der Waals surface area contributed by atoms with Crippen LogP contribution < -0.4 is 10.0 Å². The van der Waals surface area contributed by atoms with Gasteiger partial charge in [-0.3, -0.25) is 9.78 Å². The zero-order valence-corrected chi connectivity index (χ0v) is 14.8. The quantitative estimate of drug-likeness (QED) is 0.655. The van der Waals surface area contributed by atoms with Crippen LogP contribution in [-0.4, -0.2) is 39.6 Å². The van der Waals surface area contributed by atoms with Crippen molar-refractivity contribution < 1.29 is 17.9 Å². The molecule has 2 N–H and O–H groups in total. The molecule has 1 amide bonds. The minimum Gasteiger partial charge on any atom is -0.385 e. The molecule has 0 aliphatic carbocycles. The van der Waals surface area contributed by atoms with Gasteiger partial charge in [0, 0.05) is 44.8 Å². The minimum atomic E-state index is -3.66. The Morgan fingerprint density at radius 3 is 2.68 bits per heavy atom. The van der Waals surface area contributed by atoms with Gasteiger partial charge in [0.25, 0.3) is 5.91 Å². The van der Waals surface area contributed by atoms with E-state index in [1.807, 2.05) is 0 Å². The van der Waals surface area contributed by atoms with Gasteiger partial charge in [0.05, 0.1) is 4.90 Å². The van der Waals surface area contributed by atoms with E-state index in [4.69, 9.17) is 4.74 Å². The molecule has 0 bridgehead atoms. The fourth-order valence-corrected chi connectivity index (χ4v) is 3.22. The largest absolute Gasteiger partial charge is 0.385 e. The third kappa shape index (κ3) is 5.93. The molecule has 0 atom stereocenters. The van der Waals surface area contributed by atoms with Crippen LogP contribution in [0.4, 0.5) is 0 Å². The number of methoxy groups -OCH3 is 1. The molecule has 0 aliphatic heterocycles. The van der Waals surface area contributed by atoms with Crippen molar-refractivity contribution in [2.24, 2.45) is 0 Å². The number of hydrogen-bond acceptors (Lipinski definition) is 5. The number of carbonyl (C=O) groups excluding carboxylic acids is 1. The second-order valence-electron chi connectivity index (χ2n) is 5.31. The normalized spacial score (nSPS) is 11.2. The van der Waals surface area contributed by atoms with Gasteiger partial charge >= 0.3 is 0 Å². The lowest BCUT2D eigenvalue weighted by atomic mass is 10.2. The van der Waals surface area contributed by atoms with E-state index < -0.39 is 10.0 Å². The molecule has 0 spiro atoms. The highest BCUT2D eigenvalue weighted by Gasteiger charge is 2.15. The van der Waals surface area contributed by atoms with E-state index in [1.165, 1.54) is 12.1 Å². The Kier molecular flexibility index (Phi) is 7.05. The maximum Gasteiger partial charge on any atom is 0.251 e. The lowest BCUT2D eigenvalue weighted by Gasteiger charge is -2.09. The number of nitrogens with zero attached hydrogens (tertiary/aromatic N) is 1. The van der Waals surface area contributed by atoms with Crippen LogP contribution in [0.1, 0.15) is 22.3 Å². The molecule has 0 unspecified atom stereocenters. The van der Waals surface area contributed by atoms with Gasteiger partial charge in [-0.25, -0.2) is 13.1 Å². The Hall–Kier alpha value is -2.29. The highest BCUT2D eigenvalue weighted by Crippen LogP contribution is 2.12. The maximum absolute atomic E-state index is 12.3. The first-order valence-corrected chi connectivity index (χ1v) is 9.27. The summed E-state index contributed by atoms with van der Waals surface area (Å²) in [6.45, 7) is 1.09. The van der Waals surface area contributed by atoms with E-state index in [9.17, 15) is 13.2 Å². The highest BCUT2D eigenvalue weighted by atomic mass is 32.2. The smallest absolute Gasteiger partial charge is 0.251 e. The molecule has 0 aliphatic rings. The number of rotatable bonds is 9. The van der Waals surface area contributed by atoms with Crippen LogP contribution in [-0.2, 0) is 21.3 Å². The Balaban J connectivity index is 2.00. The lowest BCUT2D eigenvalue weighted by molar-refractivity contribution is 0.0950. The van der Waals surface area contributed by atoms with Gasteiger partial charge < -0.3 is 10.1 Å². The Morgan fingerprint density at radius 2 is 1.96 bits per heavy atom. The van der Waals surface area contributed by atoms with Crippen LogP contribution in [0.25, 0.3) is 0 Å². The summed E-state index contributed by atoms with van der Waals surface area (Å²) in [6.07, 6.45) is 3.86. The number of benzene rings is 1. The van der Waals surface area contributed by atoms with E-state index in [0.29, 0.717) is 19.6 Å². The Labute approximate surface area is 147 Å². The molecule has 2 rings (SSSR count). The van der Waals surface area contributed by atoms with Gasteiger partial charge in [-0.05, 0) is 42.3 Å². The molecule has 0 saturated carbocycles. The number of nitrogens with one attached hydrogen (secondary N) is 2. The average molecular weight is 363 g/mol. The van der Waals surface area contributed by atoms with Crippen molar-refractivity contribution in [3.63, 3.8) is 0 Å². The number of hydrogen-bond donors (Lipinski definition) is 2. The summed E-state index contributed by atoms with van der Waals surface area (Å²) in [6, 6.07) is 9.53. The number of pyridine rings is 1. The Bertz CT molecular complexity index is 795. The van der Waals surface area contributed by atoms with Crippen LogP contribution in [0.3, 0.4) is 0 Å². The zero-order chi connectivity index (χ0) is 18.1. The van der Waals surface area contributed by atoms with Crippen molar-refractivity contribution in [3.8, 4) is 0 Å². The average Bonchev–Trinajstić information content (AvgIpc) is 2.64. The molecule has 1 heterocycles. The summed E-state index contributed by atoms with van der Waals surface area (Å²) in [4.78, 5) is 16.2. The number of sulfonamides is 1. The fourth-order valence-electron chi connectivity index (χ4n) is 2.10. The van der Waals surface area contributed by atoms with Crippen molar-refractivity contribution in [2.45, 2.75) is 17.9 Å². The third-order valence-corrected chi connectivity index (χ3v) is 4.88. The van der Waals surface area contributed by atoms with Gasteiger partial charge in [-0.1, -0.05) is 6.07 Å². The molecule has 0 fully saturated rings. The van der Waals surface area contributed by atoms with E-state index in [1.54, 1.807) is 43.8 Å². The predicted molar refractivity (Wildman–Crippen MR) is 93.5 cm³/mol. The molecule has 1 aromatic carbocycles. The SMILES string of the molecule is COCCCNS(=O)(=O)c1cccc(C(=O)NCc2ccncc2)c1. The summed E-state index contributed by atoms with van der Waals surface area (Å²) >= 11 is 0. The van der Waals surface area contributed by atoms with E-state index in [2.05, 4.69) is 15.0 Å². The number of aromatic nitrogens is 1. The van der Waals surface area contributed by atoms with Gasteiger partial charge in [-0.15, -0.1) is 0 Å². The third-order valence-electron chi connectivity index (χ3n) is 3.43. The summed E-state index contributed by atoms with van der Waals surface area (Å²) in [7, 11) is -2.10. The Morgan fingerprint density at radius 1 is 1.20 bits per heavy atom. The monoisotopic (exact) mass is 363 g/mol. The van der Waals surface area contributed by atoms with Crippen molar-refractivity contribution >= 4 is 15.9 Å². The molecule has 8 heteroatoms. The first kappa shape index (κ1) is 19.0. The molecule has 25 heavy (non-hydrogen) atoms. The van der Waals surface area contributed by atoms with Crippen LogP contribution in [0.5, 0.6) is 0 Å². The van der Waals surface area contributed by atoms with Gasteiger partial charge in [0.15, 0.2) is 0 Å². The first-order valence-electron chi connectivity index (χ1n) is 7.79. The summed E-state index contributed by atoms with van der Waals surface area (Å²) in [5.74, 6) is -0.340. The summed E-state index contributed by atoms with van der Waals surface area (Å²) < 4.78 is 31.9. The van der Waals surface area contributed by atoms with Crippen molar-refractivity contribution in [1.29, 1.82) is 0 Å². The zero-order valence-electron chi connectivity index (χ0n) is 13.9. The van der Waals surface area contributed by atoms with Crippen LogP contribution >= 0.6 is 0 Å². The topological polar surface area (TPSA) is 97.4 Å². The molecular formula is C17H21N3O4S. The van der Waals surface area contributed by atoms with Crippen molar-refractivity contribution in [1.82, 2.24) is 15.0 Å². The molecule has 1 aromatic heterocycles. The van der Waals surface area contributed by atoms with E-state index >= 15 is 0 Å². The van der Waals surface area contributed by atoms with Gasteiger partial charge in [-0.2, -0.15) is 0 Å². The highest BCUT2D eigenvalue weighted by molar-refractivity contribution is 7.89. The standard InChI is InChI=1S/C17H21N3O4S/c1-24-11-3-8-20-25(22,23)16-5-2-4-15(12-16)17(21)19-13-14-6-9-18-10-7-14/h2,4-7,9-10,12,20H,3,8,11,13H2,1H3,(H,19,21). The number of carbonyl (C=O) groups is 1. The number of amides is 1. The van der Waals surface area contributed by atoms with Crippen molar-refractivity contribution in [2.75, 3.05) is 20.3 Å². The molecule has 7 nitrogen and oxygen atoms in total. The second kappa shape index (κ2) is 9.26. The molecule has 2 aromatic rings. The predicted octanol–water partition coefficient (Wildman–Crippen LogP) is 1.33. The van der Waals surface area contributed by atoms with E-state index in [-0.39, 0.29) is 22.9 Å². The molecular weight excluding hydrogens is 342 g/mol. The maximum atomic E-state index is 12.3.